The van der Waals surface area contributed by atoms with Gasteiger partial charge in [-0.15, -0.1) is 6.42 Å². The van der Waals surface area contributed by atoms with Crippen LogP contribution in [-0.4, -0.2) is 11.2 Å². The first-order valence-electron chi connectivity index (χ1n) is 3.48. The van der Waals surface area contributed by atoms with Crippen LogP contribution in [0.3, 0.4) is 0 Å². The number of terminal acetylenes is 1. The lowest BCUT2D eigenvalue weighted by Crippen LogP contribution is -1.97. The molecule has 0 amide bonds. The molecule has 0 aromatic heterocycles. The van der Waals surface area contributed by atoms with Gasteiger partial charge in [0.15, 0.2) is 0 Å². The van der Waals surface area contributed by atoms with E-state index >= 15 is 0 Å². The van der Waals surface area contributed by atoms with E-state index in [-0.39, 0.29) is 6.10 Å². The summed E-state index contributed by atoms with van der Waals surface area (Å²) in [5.41, 5.74) is 0.945. The number of aliphatic hydroxyl groups is 1. The van der Waals surface area contributed by atoms with E-state index in [0.29, 0.717) is 0 Å². The molecular formula is C9H14O. The van der Waals surface area contributed by atoms with Crippen LogP contribution >= 0.6 is 0 Å². The monoisotopic (exact) mass is 138 g/mol. The molecule has 0 spiro atoms. The summed E-state index contributed by atoms with van der Waals surface area (Å²) in [7, 11) is 0. The summed E-state index contributed by atoms with van der Waals surface area (Å²) < 4.78 is 0. The average Bonchev–Trinajstić information content (AvgIpc) is 1.87. The summed E-state index contributed by atoms with van der Waals surface area (Å²) in [5, 5.41) is 8.86. The Morgan fingerprint density at radius 1 is 1.80 bits per heavy atom. The average molecular weight is 138 g/mol. The van der Waals surface area contributed by atoms with Gasteiger partial charge in [-0.1, -0.05) is 12.0 Å². The molecule has 56 valence electrons. The van der Waals surface area contributed by atoms with Gasteiger partial charge in [0.05, 0.1) is 6.10 Å². The summed E-state index contributed by atoms with van der Waals surface area (Å²) in [5.74, 6) is 2.52. The van der Waals surface area contributed by atoms with Crippen molar-refractivity contribution in [3.05, 3.63) is 11.6 Å². The maximum atomic E-state index is 8.86. The Hall–Kier alpha value is -0.740. The minimum atomic E-state index is -0.221. The molecule has 0 aliphatic heterocycles. The molecule has 0 aromatic carbocycles. The predicted molar refractivity (Wildman–Crippen MR) is 43.5 cm³/mol. The van der Waals surface area contributed by atoms with Crippen LogP contribution in [0.2, 0.25) is 0 Å². The molecule has 0 saturated carbocycles. The third kappa shape index (κ3) is 5.40. The zero-order valence-electron chi connectivity index (χ0n) is 6.59. The van der Waals surface area contributed by atoms with Gasteiger partial charge in [0, 0.05) is 0 Å². The number of hydrogen-bond donors (Lipinski definition) is 1. The van der Waals surface area contributed by atoms with Gasteiger partial charge in [-0.05, 0) is 32.3 Å². The van der Waals surface area contributed by atoms with Gasteiger partial charge in [0.1, 0.15) is 0 Å². The minimum Gasteiger partial charge on any atom is -0.393 e. The second-order valence-corrected chi connectivity index (χ2v) is 2.46. The third-order valence-corrected chi connectivity index (χ3v) is 1.26. The number of allylic oxidation sites excluding steroid dienone is 2. The van der Waals surface area contributed by atoms with Gasteiger partial charge in [0.2, 0.25) is 0 Å². The maximum absolute atomic E-state index is 8.86. The Balaban J connectivity index is 3.46. The van der Waals surface area contributed by atoms with Crippen LogP contribution in [-0.2, 0) is 0 Å². The molecular weight excluding hydrogens is 124 g/mol. The number of rotatable bonds is 3. The van der Waals surface area contributed by atoms with Crippen LogP contribution in [0.5, 0.6) is 0 Å². The van der Waals surface area contributed by atoms with Crippen molar-refractivity contribution in [1.29, 1.82) is 0 Å². The van der Waals surface area contributed by atoms with Gasteiger partial charge in [-0.3, -0.25) is 0 Å². The van der Waals surface area contributed by atoms with E-state index in [4.69, 9.17) is 11.5 Å². The number of hydrogen-bond acceptors (Lipinski definition) is 1. The van der Waals surface area contributed by atoms with E-state index in [1.807, 2.05) is 13.0 Å². The second kappa shape index (κ2) is 5.08. The van der Waals surface area contributed by atoms with Crippen LogP contribution in [0.15, 0.2) is 11.6 Å². The van der Waals surface area contributed by atoms with Crippen molar-refractivity contribution in [2.75, 3.05) is 0 Å². The van der Waals surface area contributed by atoms with Crippen LogP contribution in [0.4, 0.5) is 0 Å². The maximum Gasteiger partial charge on any atom is 0.0515 e. The second-order valence-electron chi connectivity index (χ2n) is 2.46. The van der Waals surface area contributed by atoms with E-state index < -0.39 is 0 Å². The molecule has 1 atom stereocenters. The summed E-state index contributed by atoms with van der Waals surface area (Å²) in [6.07, 6.45) is 8.51. The quantitative estimate of drug-likeness (QED) is 0.589. The van der Waals surface area contributed by atoms with E-state index in [0.717, 1.165) is 18.4 Å². The summed E-state index contributed by atoms with van der Waals surface area (Å²) in [4.78, 5) is 0. The summed E-state index contributed by atoms with van der Waals surface area (Å²) in [6, 6.07) is 0. The van der Waals surface area contributed by atoms with E-state index in [9.17, 15) is 0 Å². The van der Waals surface area contributed by atoms with E-state index in [2.05, 4.69) is 5.92 Å². The molecule has 0 heterocycles. The minimum absolute atomic E-state index is 0.221. The fourth-order valence-electron chi connectivity index (χ4n) is 0.600. The lowest BCUT2D eigenvalue weighted by molar-refractivity contribution is 0.186. The molecule has 0 saturated heterocycles. The molecule has 0 fully saturated rings. The van der Waals surface area contributed by atoms with Crippen molar-refractivity contribution in [3.8, 4) is 12.3 Å². The molecule has 0 aromatic rings. The van der Waals surface area contributed by atoms with Crippen molar-refractivity contribution in [3.63, 3.8) is 0 Å². The molecule has 0 rings (SSSR count). The van der Waals surface area contributed by atoms with Gasteiger partial charge < -0.3 is 5.11 Å². The van der Waals surface area contributed by atoms with Gasteiger partial charge >= 0.3 is 0 Å². The Morgan fingerprint density at radius 3 is 2.80 bits per heavy atom. The van der Waals surface area contributed by atoms with Crippen LogP contribution < -0.4 is 0 Å². The fourth-order valence-corrected chi connectivity index (χ4v) is 0.600. The molecule has 10 heavy (non-hydrogen) atoms. The standard InChI is InChI=1S/C9H14O/c1-4-8(2)6-5-7-9(3)10/h1,6,9-10H,5,7H2,2-3H3/b8-6+. The zero-order valence-corrected chi connectivity index (χ0v) is 6.59. The third-order valence-electron chi connectivity index (χ3n) is 1.26. The van der Waals surface area contributed by atoms with Crippen LogP contribution in [0, 0.1) is 12.3 Å². The molecule has 0 radical (unpaired) electrons. The van der Waals surface area contributed by atoms with Gasteiger partial charge in [-0.2, -0.15) is 0 Å². The molecule has 0 bridgehead atoms. The molecule has 1 unspecified atom stereocenters. The highest BCUT2D eigenvalue weighted by Gasteiger charge is 1.91. The van der Waals surface area contributed by atoms with Crippen molar-refractivity contribution in [1.82, 2.24) is 0 Å². The van der Waals surface area contributed by atoms with Crippen LogP contribution in [0.25, 0.3) is 0 Å². The van der Waals surface area contributed by atoms with Gasteiger partial charge in [0.25, 0.3) is 0 Å². The van der Waals surface area contributed by atoms with E-state index in [1.165, 1.54) is 0 Å². The van der Waals surface area contributed by atoms with Crippen molar-refractivity contribution < 1.29 is 5.11 Å². The first-order valence-corrected chi connectivity index (χ1v) is 3.48. The molecule has 1 heteroatoms. The molecule has 1 N–H and O–H groups in total. The topological polar surface area (TPSA) is 20.2 Å². The lowest BCUT2D eigenvalue weighted by Gasteiger charge is -1.98. The van der Waals surface area contributed by atoms with Crippen LogP contribution in [0.1, 0.15) is 26.7 Å². The molecule has 0 aliphatic carbocycles. The van der Waals surface area contributed by atoms with Gasteiger partial charge in [-0.25, -0.2) is 0 Å². The smallest absolute Gasteiger partial charge is 0.0515 e. The largest absolute Gasteiger partial charge is 0.393 e. The van der Waals surface area contributed by atoms with E-state index in [1.54, 1.807) is 6.92 Å². The first kappa shape index (κ1) is 9.26. The Bertz CT molecular complexity index is 149. The van der Waals surface area contributed by atoms with Crippen molar-refractivity contribution >= 4 is 0 Å². The Kier molecular flexibility index (Phi) is 4.70. The highest BCUT2D eigenvalue weighted by Crippen LogP contribution is 1.99. The molecule has 0 aliphatic rings. The lowest BCUT2D eigenvalue weighted by atomic mass is 10.2. The Labute approximate surface area is 62.8 Å². The predicted octanol–water partition coefficient (Wildman–Crippen LogP) is 1.73. The summed E-state index contributed by atoms with van der Waals surface area (Å²) in [6.45, 7) is 3.67. The number of aliphatic hydroxyl groups excluding tert-OH is 1. The van der Waals surface area contributed by atoms with Crippen molar-refractivity contribution in [2.45, 2.75) is 32.8 Å². The fraction of sp³-hybridized carbons (Fsp3) is 0.556. The normalized spacial score (nSPS) is 14.4. The highest BCUT2D eigenvalue weighted by atomic mass is 16.3. The first-order chi connectivity index (χ1) is 4.66. The zero-order chi connectivity index (χ0) is 7.98. The van der Waals surface area contributed by atoms with Crippen molar-refractivity contribution in [2.24, 2.45) is 0 Å². The highest BCUT2D eigenvalue weighted by molar-refractivity contribution is 5.22. The Morgan fingerprint density at radius 2 is 2.40 bits per heavy atom. The molecule has 1 nitrogen and oxygen atoms in total. The summed E-state index contributed by atoms with van der Waals surface area (Å²) >= 11 is 0. The SMILES string of the molecule is C#C/C(C)=C/CCC(C)O.